The maximum absolute atomic E-state index is 5.16. The molecule has 0 radical (unpaired) electrons. The van der Waals surface area contributed by atoms with E-state index in [1.165, 1.54) is 22.3 Å². The zero-order valence-electron chi connectivity index (χ0n) is 19.7. The lowest BCUT2D eigenvalue weighted by molar-refractivity contribution is 0.660. The Morgan fingerprint density at radius 2 is 1.40 bits per heavy atom. The van der Waals surface area contributed by atoms with E-state index in [-0.39, 0.29) is 5.41 Å². The summed E-state index contributed by atoms with van der Waals surface area (Å²) in [7, 11) is 0. The van der Waals surface area contributed by atoms with Crippen LogP contribution in [0.2, 0.25) is 0 Å². The minimum Gasteiger partial charge on any atom is -0.256 e. The highest BCUT2D eigenvalue weighted by atomic mass is 14.9. The van der Waals surface area contributed by atoms with E-state index in [0.29, 0.717) is 0 Å². The molecule has 4 aromatic carbocycles. The molecular weight excluding hydrogens is 426 g/mol. The van der Waals surface area contributed by atoms with Crippen LogP contribution in [0, 0.1) is 0 Å². The van der Waals surface area contributed by atoms with Gasteiger partial charge in [0, 0.05) is 33.5 Å². The van der Waals surface area contributed by atoms with Crippen LogP contribution in [0.4, 0.5) is 0 Å². The molecule has 0 N–H and O–H groups in total. The Morgan fingerprint density at radius 1 is 0.629 bits per heavy atom. The van der Waals surface area contributed by atoms with E-state index in [1.807, 2.05) is 24.4 Å². The number of hydrogen-bond acceptors (Lipinski definition) is 3. The second-order valence-electron chi connectivity index (χ2n) is 9.72. The number of rotatable bonds is 2. The first kappa shape index (κ1) is 20.0. The number of nitrogens with zero attached hydrogens (tertiary/aromatic N) is 3. The highest BCUT2D eigenvalue weighted by Crippen LogP contribution is 2.49. The Labute approximate surface area is 204 Å². The number of aromatic nitrogens is 3. The van der Waals surface area contributed by atoms with Gasteiger partial charge in [-0.25, -0.2) is 9.97 Å². The molecule has 0 atom stereocenters. The average molecular weight is 450 g/mol. The summed E-state index contributed by atoms with van der Waals surface area (Å²) < 4.78 is 0. The molecule has 0 spiro atoms. The summed E-state index contributed by atoms with van der Waals surface area (Å²) in [5.41, 5.74) is 10.1. The lowest BCUT2D eigenvalue weighted by Crippen LogP contribution is -2.14. The summed E-state index contributed by atoms with van der Waals surface area (Å²) in [5.74, 6) is 0.733. The molecule has 3 heteroatoms. The normalized spacial score (nSPS) is 13.7. The van der Waals surface area contributed by atoms with Gasteiger partial charge < -0.3 is 0 Å². The molecule has 166 valence electrons. The van der Waals surface area contributed by atoms with Gasteiger partial charge in [0.2, 0.25) is 0 Å². The van der Waals surface area contributed by atoms with E-state index in [4.69, 9.17) is 15.0 Å². The highest BCUT2D eigenvalue weighted by molar-refractivity contribution is 6.02. The molecule has 0 saturated carbocycles. The van der Waals surface area contributed by atoms with Gasteiger partial charge in [-0.15, -0.1) is 0 Å². The Kier molecular flexibility index (Phi) is 4.19. The average Bonchev–Trinajstić information content (AvgIpc) is 3.14. The van der Waals surface area contributed by atoms with Gasteiger partial charge in [0.05, 0.1) is 16.7 Å². The number of benzene rings is 4. The summed E-state index contributed by atoms with van der Waals surface area (Å²) in [5, 5.41) is 2.13. The quantitative estimate of drug-likeness (QED) is 0.270. The highest BCUT2D eigenvalue weighted by Gasteiger charge is 2.35. The maximum Gasteiger partial charge on any atom is 0.160 e. The van der Waals surface area contributed by atoms with Crippen molar-refractivity contribution in [2.24, 2.45) is 0 Å². The summed E-state index contributed by atoms with van der Waals surface area (Å²) in [6.07, 6.45) is 1.84. The van der Waals surface area contributed by atoms with E-state index in [9.17, 15) is 0 Å². The number of para-hydroxylation sites is 2. The van der Waals surface area contributed by atoms with Crippen molar-refractivity contribution >= 4 is 21.8 Å². The SMILES string of the molecule is CC1(C)c2ccccc2-c2cc(-c3nc(-c4cccc5cccnc45)c4ccccc4n3)ccc21. The monoisotopic (exact) mass is 449 g/mol. The molecule has 2 heterocycles. The second kappa shape index (κ2) is 7.31. The van der Waals surface area contributed by atoms with Crippen molar-refractivity contribution in [3.8, 4) is 33.8 Å². The lowest BCUT2D eigenvalue weighted by Gasteiger charge is -2.21. The van der Waals surface area contributed by atoms with Crippen molar-refractivity contribution in [3.63, 3.8) is 0 Å². The molecular formula is C32H23N3. The first-order chi connectivity index (χ1) is 17.1. The fourth-order valence-corrected chi connectivity index (χ4v) is 5.57. The smallest absolute Gasteiger partial charge is 0.160 e. The number of fused-ring (bicyclic) bond motifs is 5. The third-order valence-corrected chi connectivity index (χ3v) is 7.33. The largest absolute Gasteiger partial charge is 0.256 e. The molecule has 0 amide bonds. The van der Waals surface area contributed by atoms with Gasteiger partial charge >= 0.3 is 0 Å². The van der Waals surface area contributed by atoms with Crippen molar-refractivity contribution in [1.82, 2.24) is 15.0 Å². The molecule has 0 fully saturated rings. The van der Waals surface area contributed by atoms with Crippen molar-refractivity contribution in [2.75, 3.05) is 0 Å². The van der Waals surface area contributed by atoms with E-state index in [0.717, 1.165) is 44.5 Å². The van der Waals surface area contributed by atoms with Crippen molar-refractivity contribution in [1.29, 1.82) is 0 Å². The molecule has 0 aliphatic heterocycles. The maximum atomic E-state index is 5.16. The summed E-state index contributed by atoms with van der Waals surface area (Å²) in [6.45, 7) is 4.60. The summed E-state index contributed by atoms with van der Waals surface area (Å²) >= 11 is 0. The Morgan fingerprint density at radius 3 is 2.34 bits per heavy atom. The zero-order valence-corrected chi connectivity index (χ0v) is 19.7. The van der Waals surface area contributed by atoms with Gasteiger partial charge in [-0.1, -0.05) is 92.7 Å². The first-order valence-electron chi connectivity index (χ1n) is 12.0. The van der Waals surface area contributed by atoms with Gasteiger partial charge in [-0.05, 0) is 40.5 Å². The molecule has 7 rings (SSSR count). The van der Waals surface area contributed by atoms with Crippen LogP contribution in [0.5, 0.6) is 0 Å². The van der Waals surface area contributed by atoms with E-state index < -0.39 is 0 Å². The molecule has 0 saturated heterocycles. The van der Waals surface area contributed by atoms with Gasteiger partial charge in [0.25, 0.3) is 0 Å². The Hall–Kier alpha value is -4.37. The van der Waals surface area contributed by atoms with Gasteiger partial charge in [0.1, 0.15) is 0 Å². The molecule has 0 bridgehead atoms. The molecule has 1 aliphatic carbocycles. The predicted molar refractivity (Wildman–Crippen MR) is 143 cm³/mol. The molecule has 6 aromatic rings. The standard InChI is InChI=1S/C32H23N3/c1-32(2)26-14-5-3-11-22(26)25-19-21(16-17-27(25)32)31-34-28-15-6-4-12-23(28)30(35-31)24-13-7-9-20-10-8-18-33-29(20)24/h3-19H,1-2H3. The number of pyridine rings is 1. The fourth-order valence-electron chi connectivity index (χ4n) is 5.57. The van der Waals surface area contributed by atoms with E-state index in [1.54, 1.807) is 0 Å². The van der Waals surface area contributed by atoms with Crippen molar-refractivity contribution in [2.45, 2.75) is 19.3 Å². The Bertz CT molecular complexity index is 1780. The van der Waals surface area contributed by atoms with E-state index in [2.05, 4.69) is 92.7 Å². The van der Waals surface area contributed by atoms with Crippen LogP contribution in [0.3, 0.4) is 0 Å². The molecule has 2 aromatic heterocycles. The van der Waals surface area contributed by atoms with Crippen molar-refractivity contribution < 1.29 is 0 Å². The summed E-state index contributed by atoms with van der Waals surface area (Å²) in [4.78, 5) is 14.9. The number of hydrogen-bond donors (Lipinski definition) is 0. The van der Waals surface area contributed by atoms with Crippen LogP contribution >= 0.6 is 0 Å². The van der Waals surface area contributed by atoms with Crippen molar-refractivity contribution in [3.05, 3.63) is 114 Å². The van der Waals surface area contributed by atoms with Crippen LogP contribution in [-0.4, -0.2) is 15.0 Å². The molecule has 1 aliphatic rings. The third-order valence-electron chi connectivity index (χ3n) is 7.33. The third kappa shape index (κ3) is 2.95. The van der Waals surface area contributed by atoms with Gasteiger partial charge in [-0.3, -0.25) is 4.98 Å². The zero-order chi connectivity index (χ0) is 23.6. The van der Waals surface area contributed by atoms with Gasteiger partial charge in [-0.2, -0.15) is 0 Å². The van der Waals surface area contributed by atoms with Crippen LogP contribution in [0.15, 0.2) is 103 Å². The first-order valence-corrected chi connectivity index (χ1v) is 12.0. The molecule has 3 nitrogen and oxygen atoms in total. The molecule has 0 unspecified atom stereocenters. The topological polar surface area (TPSA) is 38.7 Å². The predicted octanol–water partition coefficient (Wildman–Crippen LogP) is 7.82. The van der Waals surface area contributed by atoms with E-state index >= 15 is 0 Å². The van der Waals surface area contributed by atoms with Gasteiger partial charge in [0.15, 0.2) is 5.82 Å². The van der Waals surface area contributed by atoms with Crippen LogP contribution in [0.25, 0.3) is 55.6 Å². The lowest BCUT2D eigenvalue weighted by atomic mass is 9.82. The van der Waals surface area contributed by atoms with Crippen LogP contribution in [0.1, 0.15) is 25.0 Å². The Balaban J connectivity index is 1.48. The van der Waals surface area contributed by atoms with Crippen LogP contribution < -0.4 is 0 Å². The fraction of sp³-hybridized carbons (Fsp3) is 0.0938. The molecule has 35 heavy (non-hydrogen) atoms. The second-order valence-corrected chi connectivity index (χ2v) is 9.72. The minimum absolute atomic E-state index is 0.0194. The minimum atomic E-state index is -0.0194. The van der Waals surface area contributed by atoms with Crippen LogP contribution in [-0.2, 0) is 5.41 Å². The summed E-state index contributed by atoms with van der Waals surface area (Å²) in [6, 6.07) is 34.0.